The van der Waals surface area contributed by atoms with E-state index in [4.69, 9.17) is 0 Å². The fourth-order valence-corrected chi connectivity index (χ4v) is 14.4. The van der Waals surface area contributed by atoms with Gasteiger partial charge in [0.15, 0.2) is 0 Å². The zero-order valence-electron chi connectivity index (χ0n) is 23.2. The van der Waals surface area contributed by atoms with E-state index in [0.29, 0.717) is 0 Å². The van der Waals surface area contributed by atoms with Crippen LogP contribution in [-0.4, -0.2) is 6.88 Å². The molecular formula is C35H37Cl2SiZr. The minimum Gasteiger partial charge on any atom is -0.147 e. The van der Waals surface area contributed by atoms with Crippen molar-refractivity contribution in [3.8, 4) is 0 Å². The van der Waals surface area contributed by atoms with E-state index >= 15 is 0 Å². The first-order chi connectivity index (χ1) is 17.8. The van der Waals surface area contributed by atoms with Crippen molar-refractivity contribution in [3.63, 3.8) is 0 Å². The maximum atomic E-state index is 2.60. The van der Waals surface area contributed by atoms with Crippen LogP contribution in [0.3, 0.4) is 0 Å². The van der Waals surface area contributed by atoms with E-state index < -0.39 is 18.9 Å². The molecule has 6 rings (SSSR count). The van der Waals surface area contributed by atoms with Gasteiger partial charge in [-0.1, -0.05) is 0 Å². The fourth-order valence-electron chi connectivity index (χ4n) is 6.81. The van der Waals surface area contributed by atoms with Crippen LogP contribution in [0.15, 0.2) is 123 Å². The summed E-state index contributed by atoms with van der Waals surface area (Å²) in [5, 5.41) is 0. The van der Waals surface area contributed by atoms with E-state index in [1.165, 1.54) is 44.5 Å². The van der Waals surface area contributed by atoms with Gasteiger partial charge in [-0.25, -0.2) is 0 Å². The van der Waals surface area contributed by atoms with Gasteiger partial charge in [-0.3, -0.25) is 0 Å². The summed E-state index contributed by atoms with van der Waals surface area (Å²) >= 11 is -2.38. The van der Waals surface area contributed by atoms with Crippen molar-refractivity contribution in [2.75, 3.05) is 0 Å². The topological polar surface area (TPSA) is 0 Å². The zero-order chi connectivity index (χ0) is 25.8. The number of rotatable bonds is 5. The van der Waals surface area contributed by atoms with E-state index in [9.17, 15) is 0 Å². The molecule has 0 N–H and O–H groups in total. The molecule has 199 valence electrons. The van der Waals surface area contributed by atoms with Crippen LogP contribution in [0.2, 0.25) is 9.26 Å². The summed E-state index contributed by atoms with van der Waals surface area (Å²) < 4.78 is 6.89. The molecule has 0 fully saturated rings. The van der Waals surface area contributed by atoms with E-state index in [0.717, 1.165) is 6.42 Å². The predicted molar refractivity (Wildman–Crippen MR) is 174 cm³/mol. The standard InChI is InChI=1S/C33H27.2CH3.2ClH.H2Si.Zr/c1-3-24-20-27-11-9-19-33(31(27)21-24,28-12-5-4-6-13-28)32-29-14-8-7-10-26(29)22-30(32)25-17-15-23(2)16-18-25;;;;;;/h4-19,21-22,32H,3H2,1-2H3;2*1H3;2*1H;1H2;. The molecule has 3 aromatic carbocycles. The summed E-state index contributed by atoms with van der Waals surface area (Å²) in [7, 11) is 0. The van der Waals surface area contributed by atoms with Crippen molar-refractivity contribution in [2.45, 2.75) is 40.9 Å². The number of allylic oxidation sites excluding steroid dienone is 9. The number of benzene rings is 3. The molecule has 0 aliphatic heterocycles. The maximum absolute atomic E-state index is 2.60. The number of hydrogen-bond acceptors (Lipinski definition) is 0. The average molecular weight is 648 g/mol. The molecule has 0 nitrogen and oxygen atoms in total. The number of fused-ring (bicyclic) bond motifs is 2. The first kappa shape index (κ1) is 30.0. The summed E-state index contributed by atoms with van der Waals surface area (Å²) in [4.78, 5) is 0. The number of hydrogen-bond donors (Lipinski definition) is 0. The van der Waals surface area contributed by atoms with Gasteiger partial charge in [0.1, 0.15) is 0 Å². The Morgan fingerprint density at radius 2 is 1.51 bits per heavy atom. The van der Waals surface area contributed by atoms with E-state index in [2.05, 4.69) is 139 Å². The van der Waals surface area contributed by atoms with Crippen LogP contribution in [0.5, 0.6) is 0 Å². The largest absolute Gasteiger partial charge is 0.147 e. The minimum absolute atomic E-state index is 0. The van der Waals surface area contributed by atoms with Gasteiger partial charge < -0.3 is 0 Å². The Morgan fingerprint density at radius 3 is 2.18 bits per heavy atom. The number of aryl methyl sites for hydroxylation is 1. The van der Waals surface area contributed by atoms with Crippen LogP contribution >= 0.6 is 24.8 Å². The van der Waals surface area contributed by atoms with Crippen LogP contribution in [0, 0.1) is 6.92 Å². The van der Waals surface area contributed by atoms with Crippen molar-refractivity contribution in [3.05, 3.63) is 151 Å². The summed E-state index contributed by atoms with van der Waals surface area (Å²) in [6.07, 6.45) is 13.5. The van der Waals surface area contributed by atoms with E-state index in [1.807, 2.05) is 0 Å². The Balaban J connectivity index is 0.00000176. The van der Waals surface area contributed by atoms with Crippen LogP contribution in [-0.2, 0) is 24.3 Å². The van der Waals surface area contributed by atoms with Crippen molar-refractivity contribution in [1.82, 2.24) is 0 Å². The molecule has 2 atom stereocenters. The Kier molecular flexibility index (Phi) is 8.85. The molecule has 39 heavy (non-hydrogen) atoms. The predicted octanol–water partition coefficient (Wildman–Crippen LogP) is 9.31. The maximum Gasteiger partial charge on any atom is -0.147 e. The Morgan fingerprint density at radius 1 is 0.846 bits per heavy atom. The third-order valence-electron chi connectivity index (χ3n) is 8.35. The Bertz CT molecular complexity index is 1600. The average Bonchev–Trinajstić information content (AvgIpc) is 3.49. The van der Waals surface area contributed by atoms with Gasteiger partial charge in [-0.2, -0.15) is 0 Å². The molecule has 4 heteroatoms. The Hall–Kier alpha value is -1.96. The Labute approximate surface area is 252 Å². The second-order valence-corrected chi connectivity index (χ2v) is 32.3. The summed E-state index contributed by atoms with van der Waals surface area (Å²) in [5.41, 5.74) is 12.5. The van der Waals surface area contributed by atoms with Crippen LogP contribution < -0.4 is 0 Å². The van der Waals surface area contributed by atoms with Gasteiger partial charge in [0.2, 0.25) is 0 Å². The van der Waals surface area contributed by atoms with E-state index in [-0.39, 0.29) is 36.1 Å². The number of halogens is 2. The normalized spacial score (nSPS) is 21.2. The second kappa shape index (κ2) is 11.5. The fraction of sp³-hybridized carbons (Fsp3) is 0.200. The summed E-state index contributed by atoms with van der Waals surface area (Å²) in [5.74, 6) is 0.204. The molecule has 3 aliphatic carbocycles. The van der Waals surface area contributed by atoms with Crippen LogP contribution in [0.25, 0.3) is 11.6 Å². The van der Waals surface area contributed by atoms with E-state index in [1.54, 1.807) is 8.85 Å². The third-order valence-corrected chi connectivity index (χ3v) is 15.2. The smallest absolute Gasteiger partial charge is 0.147 e. The molecule has 3 aromatic rings. The molecular weight excluding hydrogens is 611 g/mol. The minimum atomic E-state index is -2.38. The van der Waals surface area contributed by atoms with Gasteiger partial charge in [0.05, 0.1) is 0 Å². The quantitative estimate of drug-likeness (QED) is 0.242. The molecule has 0 spiro atoms. The second-order valence-electron chi connectivity index (χ2n) is 11.4. The molecule has 0 radical (unpaired) electrons. The molecule has 0 saturated heterocycles. The molecule has 2 unspecified atom stereocenters. The SMILES string of the molecule is CCC1=[C]([Zr]([CH3])([CH3])=[SiH2])C2=CC=CC(c3ccccc3)(C3C(c4ccc(C)cc4)=Cc4ccccc43)C2=C1.Cl.Cl. The molecule has 0 amide bonds. The van der Waals surface area contributed by atoms with Crippen molar-refractivity contribution in [1.29, 1.82) is 0 Å². The van der Waals surface area contributed by atoms with Gasteiger partial charge in [0.25, 0.3) is 0 Å². The van der Waals surface area contributed by atoms with Crippen LogP contribution in [0.1, 0.15) is 47.1 Å². The van der Waals surface area contributed by atoms with Gasteiger partial charge in [-0.05, 0) is 0 Å². The molecule has 3 aliphatic rings. The monoisotopic (exact) mass is 645 g/mol. The first-order valence-electron chi connectivity index (χ1n) is 13.5. The van der Waals surface area contributed by atoms with Crippen LogP contribution in [0.4, 0.5) is 0 Å². The molecule has 0 aromatic heterocycles. The first-order valence-corrected chi connectivity index (χ1v) is 25.6. The van der Waals surface area contributed by atoms with Crippen molar-refractivity contribution >= 4 is 43.3 Å². The van der Waals surface area contributed by atoms with Crippen molar-refractivity contribution in [2.24, 2.45) is 0 Å². The summed E-state index contributed by atoms with van der Waals surface area (Å²) in [6, 6.07) is 29.5. The molecule has 0 saturated carbocycles. The molecule has 0 heterocycles. The van der Waals surface area contributed by atoms with Gasteiger partial charge in [-0.15, -0.1) is 24.8 Å². The van der Waals surface area contributed by atoms with Gasteiger partial charge in [0, 0.05) is 0 Å². The zero-order valence-corrected chi connectivity index (χ0v) is 28.7. The van der Waals surface area contributed by atoms with Gasteiger partial charge >= 0.3 is 229 Å². The molecule has 0 bridgehead atoms. The van der Waals surface area contributed by atoms with Crippen molar-refractivity contribution < 1.29 is 18.9 Å². The third kappa shape index (κ3) is 4.93. The summed E-state index contributed by atoms with van der Waals surface area (Å²) in [6.45, 7) is 6.84.